The highest BCUT2D eigenvalue weighted by molar-refractivity contribution is 5.85. The number of nitrogens with zero attached hydrogens (tertiary/aromatic N) is 1. The number of aryl methyl sites for hydroxylation is 1. The molecule has 20 heavy (non-hydrogen) atoms. The van der Waals surface area contributed by atoms with Crippen LogP contribution in [-0.4, -0.2) is 4.98 Å². The molecule has 2 nitrogen and oxygen atoms in total. The van der Waals surface area contributed by atoms with Crippen LogP contribution in [0.5, 0.6) is 0 Å². The van der Waals surface area contributed by atoms with Crippen molar-refractivity contribution in [2.24, 2.45) is 5.73 Å². The summed E-state index contributed by atoms with van der Waals surface area (Å²) in [6, 6.07) is 14.7. The Kier molecular flexibility index (Phi) is 3.20. The molecule has 0 saturated heterocycles. The molecule has 100 valence electrons. The van der Waals surface area contributed by atoms with Crippen LogP contribution in [-0.2, 0) is 6.54 Å². The number of aromatic nitrogens is 1. The van der Waals surface area contributed by atoms with Crippen molar-refractivity contribution in [3.05, 3.63) is 65.5 Å². The predicted octanol–water partition coefficient (Wildman–Crippen LogP) is 3.81. The first-order chi connectivity index (χ1) is 9.70. The average molecular weight is 266 g/mol. The molecule has 0 spiro atoms. The summed E-state index contributed by atoms with van der Waals surface area (Å²) >= 11 is 0. The van der Waals surface area contributed by atoms with E-state index in [-0.39, 0.29) is 5.82 Å². The number of fused-ring (bicyclic) bond motifs is 1. The van der Waals surface area contributed by atoms with Gasteiger partial charge in [0.05, 0.1) is 11.2 Å². The smallest absolute Gasteiger partial charge is 0.132 e. The Morgan fingerprint density at radius 2 is 1.90 bits per heavy atom. The number of hydrogen-bond acceptors (Lipinski definition) is 2. The quantitative estimate of drug-likeness (QED) is 0.766. The van der Waals surface area contributed by atoms with Gasteiger partial charge < -0.3 is 5.73 Å². The predicted molar refractivity (Wildman–Crippen MR) is 79.8 cm³/mol. The Morgan fingerprint density at radius 3 is 2.65 bits per heavy atom. The largest absolute Gasteiger partial charge is 0.326 e. The Morgan fingerprint density at radius 1 is 1.10 bits per heavy atom. The second kappa shape index (κ2) is 5.02. The van der Waals surface area contributed by atoms with Crippen molar-refractivity contribution < 1.29 is 4.39 Å². The normalized spacial score (nSPS) is 10.9. The van der Waals surface area contributed by atoms with E-state index in [1.165, 1.54) is 6.07 Å². The van der Waals surface area contributed by atoms with Gasteiger partial charge >= 0.3 is 0 Å². The lowest BCUT2D eigenvalue weighted by molar-refractivity contribution is 0.630. The zero-order chi connectivity index (χ0) is 14.1. The topological polar surface area (TPSA) is 38.9 Å². The minimum absolute atomic E-state index is 0.275. The Labute approximate surface area is 117 Å². The molecule has 0 atom stereocenters. The highest BCUT2D eigenvalue weighted by Gasteiger charge is 2.12. The fraction of sp³-hybridized carbons (Fsp3) is 0.118. The Hall–Kier alpha value is -2.26. The monoisotopic (exact) mass is 266 g/mol. The number of pyridine rings is 1. The molecule has 0 bridgehead atoms. The van der Waals surface area contributed by atoms with Crippen LogP contribution in [0.1, 0.15) is 11.1 Å². The van der Waals surface area contributed by atoms with E-state index in [0.717, 1.165) is 22.0 Å². The molecule has 0 fully saturated rings. The zero-order valence-corrected chi connectivity index (χ0v) is 11.2. The number of nitrogens with two attached hydrogens (primary N) is 1. The SMILES string of the molecule is Cc1cccc2cc(CN)c(-c3ccccc3F)nc12. The van der Waals surface area contributed by atoms with Gasteiger partial charge in [0.15, 0.2) is 0 Å². The lowest BCUT2D eigenvalue weighted by Gasteiger charge is -2.11. The second-order valence-electron chi connectivity index (χ2n) is 4.83. The van der Waals surface area contributed by atoms with Crippen molar-refractivity contribution in [1.82, 2.24) is 4.98 Å². The number of halogens is 1. The van der Waals surface area contributed by atoms with Crippen LogP contribution in [0.4, 0.5) is 4.39 Å². The number of hydrogen-bond donors (Lipinski definition) is 1. The molecule has 0 aliphatic heterocycles. The lowest BCUT2D eigenvalue weighted by atomic mass is 10.0. The molecule has 3 heteroatoms. The van der Waals surface area contributed by atoms with Gasteiger partial charge in [-0.25, -0.2) is 9.37 Å². The fourth-order valence-electron chi connectivity index (χ4n) is 2.43. The molecule has 0 aliphatic rings. The molecule has 0 unspecified atom stereocenters. The molecule has 1 heterocycles. The molecular weight excluding hydrogens is 251 g/mol. The Bertz CT molecular complexity index is 781. The summed E-state index contributed by atoms with van der Waals surface area (Å²) in [4.78, 5) is 4.66. The van der Waals surface area contributed by atoms with Crippen LogP contribution in [0.3, 0.4) is 0 Å². The first-order valence-electron chi connectivity index (χ1n) is 6.55. The average Bonchev–Trinajstić information content (AvgIpc) is 2.47. The van der Waals surface area contributed by atoms with E-state index in [2.05, 4.69) is 4.98 Å². The van der Waals surface area contributed by atoms with Gasteiger partial charge in [0.2, 0.25) is 0 Å². The molecule has 3 rings (SSSR count). The number of benzene rings is 2. The van der Waals surface area contributed by atoms with E-state index in [1.54, 1.807) is 12.1 Å². The highest BCUT2D eigenvalue weighted by Crippen LogP contribution is 2.28. The van der Waals surface area contributed by atoms with Crippen molar-refractivity contribution in [3.63, 3.8) is 0 Å². The third kappa shape index (κ3) is 2.06. The molecule has 0 radical (unpaired) electrons. The summed E-state index contributed by atoms with van der Waals surface area (Å²) in [5.41, 5.74) is 9.75. The fourth-order valence-corrected chi connectivity index (χ4v) is 2.43. The standard InChI is InChI=1S/C17H15FN2/c1-11-5-4-6-12-9-13(10-19)17(20-16(11)12)14-7-2-3-8-15(14)18/h2-9H,10,19H2,1H3. The first kappa shape index (κ1) is 12.8. The molecule has 1 aromatic heterocycles. The van der Waals surface area contributed by atoms with E-state index >= 15 is 0 Å². The molecule has 3 aromatic rings. The summed E-state index contributed by atoms with van der Waals surface area (Å²) in [6.45, 7) is 2.34. The summed E-state index contributed by atoms with van der Waals surface area (Å²) < 4.78 is 14.0. The summed E-state index contributed by atoms with van der Waals surface area (Å²) in [6.07, 6.45) is 0. The van der Waals surface area contributed by atoms with Crippen LogP contribution < -0.4 is 5.73 Å². The van der Waals surface area contributed by atoms with Gasteiger partial charge in [-0.1, -0.05) is 30.3 Å². The van der Waals surface area contributed by atoms with E-state index < -0.39 is 0 Å². The van der Waals surface area contributed by atoms with Gasteiger partial charge in [-0.2, -0.15) is 0 Å². The van der Waals surface area contributed by atoms with E-state index in [1.807, 2.05) is 37.3 Å². The lowest BCUT2D eigenvalue weighted by Crippen LogP contribution is -2.03. The van der Waals surface area contributed by atoms with E-state index in [0.29, 0.717) is 17.8 Å². The van der Waals surface area contributed by atoms with Crippen LogP contribution in [0.25, 0.3) is 22.2 Å². The molecule has 2 aromatic carbocycles. The van der Waals surface area contributed by atoms with E-state index in [9.17, 15) is 4.39 Å². The van der Waals surface area contributed by atoms with Gasteiger partial charge in [0, 0.05) is 17.5 Å². The van der Waals surface area contributed by atoms with Crippen molar-refractivity contribution in [1.29, 1.82) is 0 Å². The molecular formula is C17H15FN2. The van der Waals surface area contributed by atoms with Gasteiger partial charge in [-0.3, -0.25) is 0 Å². The molecule has 0 aliphatic carbocycles. The van der Waals surface area contributed by atoms with Crippen molar-refractivity contribution >= 4 is 10.9 Å². The zero-order valence-electron chi connectivity index (χ0n) is 11.2. The highest BCUT2D eigenvalue weighted by atomic mass is 19.1. The molecule has 0 saturated carbocycles. The number of rotatable bonds is 2. The van der Waals surface area contributed by atoms with Gasteiger partial charge in [0.25, 0.3) is 0 Å². The minimum atomic E-state index is -0.275. The molecule has 0 amide bonds. The van der Waals surface area contributed by atoms with Crippen LogP contribution in [0.2, 0.25) is 0 Å². The maximum atomic E-state index is 14.0. The summed E-state index contributed by atoms with van der Waals surface area (Å²) in [5.74, 6) is -0.275. The second-order valence-corrected chi connectivity index (χ2v) is 4.83. The van der Waals surface area contributed by atoms with Crippen molar-refractivity contribution in [3.8, 4) is 11.3 Å². The van der Waals surface area contributed by atoms with Crippen molar-refractivity contribution in [2.75, 3.05) is 0 Å². The maximum absolute atomic E-state index is 14.0. The third-order valence-electron chi connectivity index (χ3n) is 3.48. The maximum Gasteiger partial charge on any atom is 0.132 e. The van der Waals surface area contributed by atoms with Crippen LogP contribution in [0.15, 0.2) is 48.5 Å². The first-order valence-corrected chi connectivity index (χ1v) is 6.55. The molecule has 2 N–H and O–H groups in total. The van der Waals surface area contributed by atoms with Gasteiger partial charge in [-0.05, 0) is 36.2 Å². The van der Waals surface area contributed by atoms with E-state index in [4.69, 9.17) is 5.73 Å². The van der Waals surface area contributed by atoms with Gasteiger partial charge in [-0.15, -0.1) is 0 Å². The Balaban J connectivity index is 2.34. The minimum Gasteiger partial charge on any atom is -0.326 e. The summed E-state index contributed by atoms with van der Waals surface area (Å²) in [7, 11) is 0. The van der Waals surface area contributed by atoms with Crippen LogP contribution >= 0.6 is 0 Å². The third-order valence-corrected chi connectivity index (χ3v) is 3.48. The van der Waals surface area contributed by atoms with Crippen LogP contribution in [0, 0.1) is 12.7 Å². The number of para-hydroxylation sites is 1. The van der Waals surface area contributed by atoms with Crippen molar-refractivity contribution in [2.45, 2.75) is 13.5 Å². The summed E-state index contributed by atoms with van der Waals surface area (Å²) in [5, 5.41) is 1.03. The van der Waals surface area contributed by atoms with Gasteiger partial charge in [0.1, 0.15) is 5.82 Å².